The number of carbonyl (C=O) groups excluding carboxylic acids is 9. The molecule has 29 heteroatoms. The van der Waals surface area contributed by atoms with Crippen LogP contribution in [0.15, 0.2) is 60.8 Å². The molecular formula is C60H97N19O9S. The molecule has 4 rings (SSSR count). The maximum absolute atomic E-state index is 14.7. The van der Waals surface area contributed by atoms with Crippen molar-refractivity contribution in [3.05, 3.63) is 71.9 Å². The highest BCUT2D eigenvalue weighted by atomic mass is 32.2. The molecule has 9 amide bonds. The fourth-order valence-electron chi connectivity index (χ4n) is 10.4. The van der Waals surface area contributed by atoms with Crippen molar-refractivity contribution in [2.75, 3.05) is 44.7 Å². The molecule has 1 aliphatic heterocycles. The molecule has 0 aliphatic carbocycles. The Morgan fingerprint density at radius 3 is 1.51 bits per heavy atom. The molecule has 3 aromatic rings. The highest BCUT2D eigenvalue weighted by Gasteiger charge is 2.39. The molecule has 1 saturated heterocycles. The van der Waals surface area contributed by atoms with Crippen LogP contribution in [0.25, 0.3) is 10.9 Å². The first-order chi connectivity index (χ1) is 42.6. The van der Waals surface area contributed by atoms with Crippen LogP contribution in [0.5, 0.6) is 0 Å². The Morgan fingerprint density at radius 1 is 0.584 bits per heavy atom. The molecule has 0 bridgehead atoms. The van der Waals surface area contributed by atoms with E-state index in [1.54, 1.807) is 6.20 Å². The summed E-state index contributed by atoms with van der Waals surface area (Å²) in [5.74, 6) is -6.57. The quantitative estimate of drug-likeness (QED) is 0.0179. The fraction of sp³-hybridized carbons (Fsp3) is 0.583. The Morgan fingerprint density at radius 2 is 1.03 bits per heavy atom. The van der Waals surface area contributed by atoms with Crippen molar-refractivity contribution in [1.29, 1.82) is 10.8 Å². The molecule has 24 N–H and O–H groups in total. The van der Waals surface area contributed by atoms with Crippen molar-refractivity contribution in [2.45, 2.75) is 171 Å². The molecular weight excluding hydrogens is 1160 g/mol. The van der Waals surface area contributed by atoms with Crippen molar-refractivity contribution < 1.29 is 43.2 Å². The van der Waals surface area contributed by atoms with Gasteiger partial charge in [0.05, 0.1) is 6.04 Å². The number of likely N-dealkylation sites (tertiary alicyclic amines) is 1. The summed E-state index contributed by atoms with van der Waals surface area (Å²) in [6, 6.07) is 6.03. The van der Waals surface area contributed by atoms with E-state index in [4.69, 9.17) is 45.2 Å². The largest absolute Gasteiger partial charge is 0.370 e. The number of hydrogen-bond donors (Lipinski definition) is 18. The van der Waals surface area contributed by atoms with Crippen LogP contribution in [-0.2, 0) is 56.0 Å². The number of amides is 9. The number of primary amides is 1. The molecule has 492 valence electrons. The highest BCUT2D eigenvalue weighted by Crippen LogP contribution is 2.22. The van der Waals surface area contributed by atoms with Crippen molar-refractivity contribution >= 4 is 87.7 Å². The topological polar surface area (TPSA) is 485 Å². The van der Waals surface area contributed by atoms with Gasteiger partial charge in [0, 0.05) is 43.2 Å². The fourth-order valence-corrected chi connectivity index (χ4v) is 10.9. The lowest BCUT2D eigenvalue weighted by atomic mass is 10.0. The number of para-hydroxylation sites is 1. The summed E-state index contributed by atoms with van der Waals surface area (Å²) in [6.45, 7) is 4.76. The van der Waals surface area contributed by atoms with E-state index in [1.165, 1.54) is 16.7 Å². The molecule has 0 spiro atoms. The number of aromatic nitrogens is 1. The summed E-state index contributed by atoms with van der Waals surface area (Å²) in [6.07, 6.45) is 7.05. The summed E-state index contributed by atoms with van der Waals surface area (Å²) in [5.41, 5.74) is 37.2. The van der Waals surface area contributed by atoms with E-state index in [2.05, 4.69) is 52.8 Å². The van der Waals surface area contributed by atoms with Crippen molar-refractivity contribution in [3.8, 4) is 0 Å². The normalized spacial score (nSPS) is 15.6. The minimum absolute atomic E-state index is 0.00942. The third kappa shape index (κ3) is 25.5. The van der Waals surface area contributed by atoms with Gasteiger partial charge in [0.25, 0.3) is 0 Å². The Hall–Kier alpha value is -8.02. The lowest BCUT2D eigenvalue weighted by Gasteiger charge is -2.30. The number of fused-ring (bicyclic) bond motifs is 1. The second kappa shape index (κ2) is 39.1. The minimum Gasteiger partial charge on any atom is -0.370 e. The van der Waals surface area contributed by atoms with Crippen LogP contribution in [0.2, 0.25) is 0 Å². The van der Waals surface area contributed by atoms with Gasteiger partial charge in [-0.25, -0.2) is 0 Å². The molecule has 2 aromatic carbocycles. The SMILES string of the molecule is CSCC[C@H](NC(=O)[C@H](Cc1c[nH]c2ccccc12)NC(=O)[C@@H](N)Cc1ccccc1)C(=O)N[C@@H](CCCCN)C(=O)N[C@@H](CCCNC(=N)N)C(=O)N[C@@H](CCCCN)C(=O)N[C@@H](CCCNC(=N)N)C(=O)N[C@@H](CC(C)C)C(=O)N1CCC[C@H]1C(N)=O. The van der Waals surface area contributed by atoms with E-state index >= 15 is 0 Å². The summed E-state index contributed by atoms with van der Waals surface area (Å²) in [7, 11) is 0. The standard InChI is InChI=1S/C60H97N19O9S/c1-36(2)32-48(58(88)79-30-15-24-49(79)50(64)80)78-55(85)45(23-14-29-70-60(67)68)75-52(82)42(20-9-11-26-61)72-54(84)44(22-13-28-69-59(65)66)74-53(83)43(21-10-12-27-62)73-56(86)46(25-31-89-3)76-57(87)47(34-38-35-71-41-19-8-7-18-39(38)41)77-51(81)40(63)33-37-16-5-4-6-17-37/h4-8,16-19,35-36,40,42-49,71H,9-15,20-34,61-63H2,1-3H3,(H2,64,80)(H,72,84)(H,73,86)(H,74,83)(H,75,82)(H,76,87)(H,77,81)(H,78,85)(H4,65,66,69)(H4,67,68,70)/t40-,42-,43-,44-,45-,46-,47-,48-,49-/m0/s1. The number of aromatic amines is 1. The van der Waals surface area contributed by atoms with Crippen molar-refractivity contribution in [1.82, 2.24) is 57.7 Å². The molecule has 1 aliphatic rings. The van der Waals surface area contributed by atoms with E-state index in [1.807, 2.05) is 74.7 Å². The monoisotopic (exact) mass is 1260 g/mol. The van der Waals surface area contributed by atoms with Crippen LogP contribution in [0.4, 0.5) is 0 Å². The van der Waals surface area contributed by atoms with Crippen molar-refractivity contribution in [2.24, 2.45) is 40.3 Å². The Labute approximate surface area is 525 Å². The third-order valence-corrected chi connectivity index (χ3v) is 15.8. The number of nitrogens with zero attached hydrogens (tertiary/aromatic N) is 1. The van der Waals surface area contributed by atoms with Crippen LogP contribution < -0.4 is 82.3 Å². The molecule has 0 unspecified atom stereocenters. The van der Waals surface area contributed by atoms with Gasteiger partial charge in [-0.1, -0.05) is 62.4 Å². The van der Waals surface area contributed by atoms with E-state index in [0.717, 1.165) is 22.0 Å². The predicted octanol–water partition coefficient (Wildman–Crippen LogP) is -1.27. The third-order valence-electron chi connectivity index (χ3n) is 15.2. The van der Waals surface area contributed by atoms with Gasteiger partial charge in [-0.2, -0.15) is 11.8 Å². The molecule has 1 aromatic heterocycles. The van der Waals surface area contributed by atoms with E-state index in [-0.39, 0.29) is 115 Å². The van der Waals surface area contributed by atoms with Gasteiger partial charge < -0.3 is 92.1 Å². The van der Waals surface area contributed by atoms with Gasteiger partial charge in [0.1, 0.15) is 48.3 Å². The van der Waals surface area contributed by atoms with Crippen LogP contribution in [-0.4, -0.2) is 174 Å². The first-order valence-electron chi connectivity index (χ1n) is 30.7. The molecule has 89 heavy (non-hydrogen) atoms. The lowest BCUT2D eigenvalue weighted by Crippen LogP contribution is -2.60. The van der Waals surface area contributed by atoms with Gasteiger partial charge in [0.15, 0.2) is 11.9 Å². The van der Waals surface area contributed by atoms with Crippen molar-refractivity contribution in [3.63, 3.8) is 0 Å². The number of unbranched alkanes of at least 4 members (excludes halogenated alkanes) is 2. The Kier molecular flexibility index (Phi) is 32.3. The summed E-state index contributed by atoms with van der Waals surface area (Å²) < 4.78 is 0. The number of nitrogens with two attached hydrogens (primary N) is 6. The molecule has 0 radical (unpaired) electrons. The second-order valence-corrected chi connectivity index (χ2v) is 23.8. The van der Waals surface area contributed by atoms with E-state index in [0.29, 0.717) is 44.3 Å². The zero-order valence-electron chi connectivity index (χ0n) is 51.6. The Bertz CT molecular complexity index is 2810. The summed E-state index contributed by atoms with van der Waals surface area (Å²) >= 11 is 1.42. The van der Waals surface area contributed by atoms with Crippen LogP contribution in [0, 0.1) is 16.7 Å². The molecule has 9 atom stereocenters. The Balaban J connectivity index is 1.62. The second-order valence-electron chi connectivity index (χ2n) is 22.8. The van der Waals surface area contributed by atoms with Gasteiger partial charge in [-0.3, -0.25) is 54.0 Å². The molecule has 1 fully saturated rings. The van der Waals surface area contributed by atoms with Crippen LogP contribution >= 0.6 is 11.8 Å². The van der Waals surface area contributed by atoms with Crippen LogP contribution in [0.3, 0.4) is 0 Å². The number of benzene rings is 2. The van der Waals surface area contributed by atoms with Gasteiger partial charge in [-0.15, -0.1) is 0 Å². The number of guanidine groups is 2. The average molecular weight is 1260 g/mol. The molecule has 28 nitrogen and oxygen atoms in total. The van der Waals surface area contributed by atoms with E-state index < -0.39 is 108 Å². The minimum atomic E-state index is -1.36. The maximum Gasteiger partial charge on any atom is 0.245 e. The zero-order valence-corrected chi connectivity index (χ0v) is 52.4. The predicted molar refractivity (Wildman–Crippen MR) is 344 cm³/mol. The summed E-state index contributed by atoms with van der Waals surface area (Å²) in [4.78, 5) is 132. The smallest absolute Gasteiger partial charge is 0.245 e. The number of H-pyrrole nitrogens is 1. The first kappa shape index (κ1) is 73.4. The molecule has 0 saturated carbocycles. The number of rotatable bonds is 41. The van der Waals surface area contributed by atoms with Gasteiger partial charge in [-0.05, 0) is 145 Å². The van der Waals surface area contributed by atoms with E-state index in [9.17, 15) is 43.2 Å². The number of nitrogens with one attached hydrogen (secondary N) is 12. The summed E-state index contributed by atoms with van der Waals surface area (Å²) in [5, 5.41) is 41.1. The first-order valence-corrected chi connectivity index (χ1v) is 32.1. The number of hydrogen-bond acceptors (Lipinski definition) is 15. The maximum atomic E-state index is 14.7. The van der Waals surface area contributed by atoms with Gasteiger partial charge >= 0.3 is 0 Å². The molecule has 2 heterocycles. The average Bonchev–Trinajstić information content (AvgIpc) is 4.11. The zero-order chi connectivity index (χ0) is 65.4. The lowest BCUT2D eigenvalue weighted by molar-refractivity contribution is -0.141. The number of thioether (sulfide) groups is 1. The van der Waals surface area contributed by atoms with Gasteiger partial charge in [0.2, 0.25) is 53.2 Å². The number of carbonyl (C=O) groups is 9. The van der Waals surface area contributed by atoms with Crippen LogP contribution in [0.1, 0.15) is 115 Å². The highest BCUT2D eigenvalue weighted by molar-refractivity contribution is 7.98.